The third-order valence-electron chi connectivity index (χ3n) is 3.57. The van der Waals surface area contributed by atoms with Crippen molar-refractivity contribution in [3.8, 4) is 0 Å². The molecule has 2 rings (SSSR count). The Morgan fingerprint density at radius 1 is 0.857 bits per heavy atom. The highest BCUT2D eigenvalue weighted by Crippen LogP contribution is 2.29. The predicted octanol–water partition coefficient (Wildman–Crippen LogP) is 5.24. The molecule has 0 bridgehead atoms. The predicted molar refractivity (Wildman–Crippen MR) is 92.2 cm³/mol. The summed E-state index contributed by atoms with van der Waals surface area (Å²) >= 11 is 3.53. The third kappa shape index (κ3) is 3.35. The molecule has 0 aromatic heterocycles. The topological polar surface area (TPSA) is 29.1 Å². The van der Waals surface area contributed by atoms with Crippen molar-refractivity contribution >= 4 is 27.5 Å². The van der Waals surface area contributed by atoms with Crippen molar-refractivity contribution in [2.45, 2.75) is 34.6 Å². The number of amides is 1. The Morgan fingerprint density at radius 3 is 1.86 bits per heavy atom. The van der Waals surface area contributed by atoms with Gasteiger partial charge in [0.05, 0.1) is 5.69 Å². The van der Waals surface area contributed by atoms with Crippen molar-refractivity contribution in [1.29, 1.82) is 0 Å². The van der Waals surface area contributed by atoms with E-state index in [4.69, 9.17) is 0 Å². The van der Waals surface area contributed by atoms with Crippen LogP contribution in [0.4, 0.5) is 5.69 Å². The summed E-state index contributed by atoms with van der Waals surface area (Å²) in [6.07, 6.45) is 0. The molecule has 2 aromatic carbocycles. The highest BCUT2D eigenvalue weighted by Gasteiger charge is 2.15. The Bertz CT molecular complexity index is 673. The van der Waals surface area contributed by atoms with Gasteiger partial charge in [-0.05, 0) is 78.9 Å². The molecule has 0 saturated heterocycles. The molecule has 1 N–H and O–H groups in total. The van der Waals surface area contributed by atoms with Crippen LogP contribution in [0.3, 0.4) is 0 Å². The van der Waals surface area contributed by atoms with Crippen LogP contribution in [0.25, 0.3) is 0 Å². The number of rotatable bonds is 2. The van der Waals surface area contributed by atoms with Gasteiger partial charge in [0.1, 0.15) is 0 Å². The minimum atomic E-state index is -0.0577. The zero-order valence-corrected chi connectivity index (χ0v) is 14.7. The van der Waals surface area contributed by atoms with Crippen LogP contribution in [-0.4, -0.2) is 5.91 Å². The number of nitrogens with one attached hydrogen (secondary N) is 1. The monoisotopic (exact) mass is 345 g/mol. The lowest BCUT2D eigenvalue weighted by atomic mass is 9.99. The summed E-state index contributed by atoms with van der Waals surface area (Å²) in [6, 6.07) is 8.16. The second kappa shape index (κ2) is 6.02. The molecule has 0 fully saturated rings. The lowest BCUT2D eigenvalue weighted by Crippen LogP contribution is -2.16. The van der Waals surface area contributed by atoms with Crippen molar-refractivity contribution in [1.82, 2.24) is 0 Å². The average molecular weight is 346 g/mol. The summed E-state index contributed by atoms with van der Waals surface area (Å²) in [6.45, 7) is 10.0. The van der Waals surface area contributed by atoms with Crippen molar-refractivity contribution in [2.75, 3.05) is 5.32 Å². The van der Waals surface area contributed by atoms with Gasteiger partial charge in [0.15, 0.2) is 0 Å². The molecular formula is C18H20BrNO. The molecule has 2 aromatic rings. The number of halogens is 1. The fourth-order valence-corrected chi connectivity index (χ4v) is 3.56. The van der Waals surface area contributed by atoms with E-state index in [0.717, 1.165) is 32.4 Å². The molecule has 0 saturated carbocycles. The number of hydrogen-bond donors (Lipinski definition) is 1. The van der Waals surface area contributed by atoms with Crippen molar-refractivity contribution in [3.63, 3.8) is 0 Å². The van der Waals surface area contributed by atoms with E-state index in [1.165, 1.54) is 11.1 Å². The number of carbonyl (C=O) groups excluding carboxylic acids is 1. The van der Waals surface area contributed by atoms with Crippen LogP contribution in [0, 0.1) is 34.6 Å². The summed E-state index contributed by atoms with van der Waals surface area (Å²) in [4.78, 5) is 12.6. The van der Waals surface area contributed by atoms with Crippen LogP contribution in [0.5, 0.6) is 0 Å². The lowest BCUT2D eigenvalue weighted by Gasteiger charge is -2.15. The van der Waals surface area contributed by atoms with Crippen LogP contribution < -0.4 is 5.32 Å². The number of benzene rings is 2. The van der Waals surface area contributed by atoms with Gasteiger partial charge in [-0.15, -0.1) is 0 Å². The molecule has 3 heteroatoms. The first-order chi connectivity index (χ1) is 9.79. The van der Waals surface area contributed by atoms with Gasteiger partial charge >= 0.3 is 0 Å². The largest absolute Gasteiger partial charge is 0.321 e. The molecule has 0 aliphatic carbocycles. The van der Waals surface area contributed by atoms with E-state index in [-0.39, 0.29) is 5.91 Å². The fraction of sp³-hybridized carbons (Fsp3) is 0.278. The maximum absolute atomic E-state index is 12.6. The third-order valence-corrected chi connectivity index (χ3v) is 4.20. The standard InChI is InChI=1S/C18H20BrNO/c1-10-6-12(3)16(13(4)7-10)18(21)20-17-14(5)8-11(2)9-15(17)19/h6-9H,1-5H3,(H,20,21). The highest BCUT2D eigenvalue weighted by atomic mass is 79.9. The van der Waals surface area contributed by atoms with E-state index in [9.17, 15) is 4.79 Å². The minimum Gasteiger partial charge on any atom is -0.321 e. The van der Waals surface area contributed by atoms with Crippen LogP contribution in [-0.2, 0) is 0 Å². The van der Waals surface area contributed by atoms with Crippen LogP contribution in [0.1, 0.15) is 38.2 Å². The van der Waals surface area contributed by atoms with Crippen molar-refractivity contribution in [2.24, 2.45) is 0 Å². The Hall–Kier alpha value is -1.61. The van der Waals surface area contributed by atoms with Gasteiger partial charge in [-0.25, -0.2) is 0 Å². The molecule has 0 atom stereocenters. The van der Waals surface area contributed by atoms with Gasteiger partial charge in [0, 0.05) is 10.0 Å². The van der Waals surface area contributed by atoms with E-state index in [1.807, 2.05) is 52.8 Å². The van der Waals surface area contributed by atoms with Crippen LogP contribution >= 0.6 is 15.9 Å². The van der Waals surface area contributed by atoms with Crippen molar-refractivity contribution in [3.05, 3.63) is 62.1 Å². The molecule has 0 spiro atoms. The molecule has 0 unspecified atom stereocenters. The summed E-state index contributed by atoms with van der Waals surface area (Å²) in [5, 5.41) is 3.04. The Balaban J connectivity index is 2.40. The highest BCUT2D eigenvalue weighted by molar-refractivity contribution is 9.10. The first-order valence-corrected chi connectivity index (χ1v) is 7.75. The van der Waals surface area contributed by atoms with Crippen LogP contribution in [0.2, 0.25) is 0 Å². The number of hydrogen-bond acceptors (Lipinski definition) is 1. The van der Waals surface area contributed by atoms with Gasteiger partial charge in [-0.2, -0.15) is 0 Å². The maximum atomic E-state index is 12.6. The van der Waals surface area contributed by atoms with E-state index in [2.05, 4.69) is 27.3 Å². The second-order valence-corrected chi connectivity index (χ2v) is 6.52. The average Bonchev–Trinajstić information content (AvgIpc) is 2.32. The van der Waals surface area contributed by atoms with Crippen molar-refractivity contribution < 1.29 is 4.79 Å². The Morgan fingerprint density at radius 2 is 1.33 bits per heavy atom. The lowest BCUT2D eigenvalue weighted by molar-refractivity contribution is 0.102. The normalized spacial score (nSPS) is 10.6. The van der Waals surface area contributed by atoms with E-state index in [1.54, 1.807) is 0 Å². The zero-order chi connectivity index (χ0) is 15.7. The van der Waals surface area contributed by atoms with E-state index < -0.39 is 0 Å². The van der Waals surface area contributed by atoms with E-state index >= 15 is 0 Å². The van der Waals surface area contributed by atoms with Gasteiger partial charge in [0.2, 0.25) is 0 Å². The molecule has 1 amide bonds. The molecule has 0 aliphatic rings. The van der Waals surface area contributed by atoms with Gasteiger partial charge < -0.3 is 5.32 Å². The SMILES string of the molecule is Cc1cc(C)c(C(=O)Nc2c(C)cc(C)cc2Br)c(C)c1. The van der Waals surface area contributed by atoms with Gasteiger partial charge in [0.25, 0.3) is 5.91 Å². The first kappa shape index (κ1) is 15.8. The number of aryl methyl sites for hydroxylation is 5. The summed E-state index contributed by atoms with van der Waals surface area (Å²) in [5.74, 6) is -0.0577. The minimum absolute atomic E-state index is 0.0577. The van der Waals surface area contributed by atoms with Crippen LogP contribution in [0.15, 0.2) is 28.7 Å². The zero-order valence-electron chi connectivity index (χ0n) is 13.1. The second-order valence-electron chi connectivity index (χ2n) is 5.67. The molecular weight excluding hydrogens is 326 g/mol. The smallest absolute Gasteiger partial charge is 0.256 e. The number of carbonyl (C=O) groups is 1. The molecule has 110 valence electrons. The Kier molecular flexibility index (Phi) is 4.52. The number of anilines is 1. The maximum Gasteiger partial charge on any atom is 0.256 e. The fourth-order valence-electron chi connectivity index (χ4n) is 2.79. The molecule has 0 radical (unpaired) electrons. The Labute approximate surface area is 134 Å². The summed E-state index contributed by atoms with van der Waals surface area (Å²) in [5.41, 5.74) is 7.00. The molecule has 2 nitrogen and oxygen atoms in total. The molecule has 0 aliphatic heterocycles. The summed E-state index contributed by atoms with van der Waals surface area (Å²) < 4.78 is 0.913. The quantitative estimate of drug-likeness (QED) is 0.791. The van der Waals surface area contributed by atoms with Gasteiger partial charge in [-0.1, -0.05) is 23.8 Å². The first-order valence-electron chi connectivity index (χ1n) is 6.95. The molecule has 0 heterocycles. The molecule has 21 heavy (non-hydrogen) atoms. The van der Waals surface area contributed by atoms with E-state index in [0.29, 0.717) is 0 Å². The van der Waals surface area contributed by atoms with Gasteiger partial charge in [-0.3, -0.25) is 4.79 Å². The summed E-state index contributed by atoms with van der Waals surface area (Å²) in [7, 11) is 0.